The summed E-state index contributed by atoms with van der Waals surface area (Å²) in [6.07, 6.45) is 0.493. The molecule has 4 heteroatoms. The van der Waals surface area contributed by atoms with E-state index in [0.717, 1.165) is 10.2 Å². The van der Waals surface area contributed by atoms with E-state index >= 15 is 0 Å². The second-order valence-corrected chi connectivity index (χ2v) is 5.71. The molecule has 1 aromatic carbocycles. The van der Waals surface area contributed by atoms with E-state index in [1.54, 1.807) is 0 Å². The van der Waals surface area contributed by atoms with Gasteiger partial charge in [-0.3, -0.25) is 4.79 Å². The molecule has 1 atom stereocenters. The van der Waals surface area contributed by atoms with Gasteiger partial charge in [0.15, 0.2) is 0 Å². The van der Waals surface area contributed by atoms with Crippen molar-refractivity contribution in [1.82, 2.24) is 5.32 Å². The summed E-state index contributed by atoms with van der Waals surface area (Å²) < 4.78 is 1.01. The van der Waals surface area contributed by atoms with E-state index in [-0.39, 0.29) is 5.91 Å². The van der Waals surface area contributed by atoms with Crippen LogP contribution in [-0.4, -0.2) is 18.5 Å². The Morgan fingerprint density at radius 3 is 2.39 bits per heavy atom. The molecular formula is C14H21BrN2O. The highest BCUT2D eigenvalue weighted by Crippen LogP contribution is 2.14. The number of amides is 1. The molecule has 0 spiro atoms. The van der Waals surface area contributed by atoms with Crippen molar-refractivity contribution in [3.8, 4) is 0 Å². The standard InChI is InChI=1S/C14H21BrN2O/c1-10(2)11(3)16-9-8-14(18)17-13-6-4-12(15)5-7-13/h4-7,10-11,16H,8-9H2,1-3H3,(H,17,18). The van der Waals surface area contributed by atoms with E-state index in [4.69, 9.17) is 0 Å². The molecule has 0 heterocycles. The van der Waals surface area contributed by atoms with Crippen molar-refractivity contribution >= 4 is 27.5 Å². The molecule has 0 aliphatic carbocycles. The Morgan fingerprint density at radius 1 is 1.22 bits per heavy atom. The van der Waals surface area contributed by atoms with Crippen molar-refractivity contribution in [1.29, 1.82) is 0 Å². The molecule has 1 aromatic rings. The van der Waals surface area contributed by atoms with Crippen LogP contribution in [0.15, 0.2) is 28.7 Å². The Morgan fingerprint density at radius 2 is 1.83 bits per heavy atom. The summed E-state index contributed by atoms with van der Waals surface area (Å²) in [7, 11) is 0. The first-order valence-electron chi connectivity index (χ1n) is 6.28. The molecule has 0 saturated heterocycles. The van der Waals surface area contributed by atoms with Crippen LogP contribution < -0.4 is 10.6 Å². The van der Waals surface area contributed by atoms with Gasteiger partial charge < -0.3 is 10.6 Å². The van der Waals surface area contributed by atoms with Gasteiger partial charge >= 0.3 is 0 Å². The third-order valence-electron chi connectivity index (χ3n) is 2.95. The average Bonchev–Trinajstić information content (AvgIpc) is 2.32. The predicted octanol–water partition coefficient (Wildman–Crippen LogP) is 3.41. The van der Waals surface area contributed by atoms with Crippen LogP contribution in [0.3, 0.4) is 0 Å². The van der Waals surface area contributed by atoms with Gasteiger partial charge in [-0.25, -0.2) is 0 Å². The number of benzene rings is 1. The zero-order chi connectivity index (χ0) is 13.5. The Balaban J connectivity index is 2.27. The molecule has 0 bridgehead atoms. The van der Waals surface area contributed by atoms with E-state index in [9.17, 15) is 4.79 Å². The van der Waals surface area contributed by atoms with Crippen LogP contribution in [0.2, 0.25) is 0 Å². The Labute approximate surface area is 117 Å². The molecule has 100 valence electrons. The lowest BCUT2D eigenvalue weighted by atomic mass is 10.1. The van der Waals surface area contributed by atoms with Crippen LogP contribution in [0.4, 0.5) is 5.69 Å². The predicted molar refractivity (Wildman–Crippen MR) is 79.7 cm³/mol. The van der Waals surface area contributed by atoms with E-state index in [2.05, 4.69) is 47.3 Å². The lowest BCUT2D eigenvalue weighted by molar-refractivity contribution is -0.116. The number of hydrogen-bond acceptors (Lipinski definition) is 2. The summed E-state index contributed by atoms with van der Waals surface area (Å²) in [5.41, 5.74) is 0.833. The molecular weight excluding hydrogens is 292 g/mol. The third-order valence-corrected chi connectivity index (χ3v) is 3.48. The normalized spacial score (nSPS) is 12.5. The smallest absolute Gasteiger partial charge is 0.225 e. The van der Waals surface area contributed by atoms with Gasteiger partial charge in [-0.15, -0.1) is 0 Å². The van der Waals surface area contributed by atoms with Crippen molar-refractivity contribution in [2.24, 2.45) is 5.92 Å². The van der Waals surface area contributed by atoms with Crippen LogP contribution in [0, 0.1) is 5.92 Å². The molecule has 1 amide bonds. The number of rotatable bonds is 6. The average molecular weight is 313 g/mol. The highest BCUT2D eigenvalue weighted by molar-refractivity contribution is 9.10. The van der Waals surface area contributed by atoms with Crippen LogP contribution in [-0.2, 0) is 4.79 Å². The van der Waals surface area contributed by atoms with E-state index < -0.39 is 0 Å². The van der Waals surface area contributed by atoms with Gasteiger partial charge in [-0.2, -0.15) is 0 Å². The van der Waals surface area contributed by atoms with Crippen LogP contribution in [0.5, 0.6) is 0 Å². The highest BCUT2D eigenvalue weighted by Gasteiger charge is 2.07. The molecule has 0 aliphatic rings. The number of carbonyl (C=O) groups excluding carboxylic acids is 1. The minimum Gasteiger partial charge on any atom is -0.326 e. The fraction of sp³-hybridized carbons (Fsp3) is 0.500. The first-order chi connectivity index (χ1) is 8.49. The topological polar surface area (TPSA) is 41.1 Å². The lowest BCUT2D eigenvalue weighted by Crippen LogP contribution is -2.33. The van der Waals surface area contributed by atoms with E-state index in [1.807, 2.05) is 24.3 Å². The molecule has 0 fully saturated rings. The minimum absolute atomic E-state index is 0.0424. The largest absolute Gasteiger partial charge is 0.326 e. The second-order valence-electron chi connectivity index (χ2n) is 4.79. The SMILES string of the molecule is CC(C)C(C)NCCC(=O)Nc1ccc(Br)cc1. The van der Waals surface area contributed by atoms with E-state index in [0.29, 0.717) is 24.9 Å². The van der Waals surface area contributed by atoms with Gasteiger partial charge in [0.25, 0.3) is 0 Å². The number of anilines is 1. The molecule has 2 N–H and O–H groups in total. The number of hydrogen-bond donors (Lipinski definition) is 2. The summed E-state index contributed by atoms with van der Waals surface area (Å²) in [6.45, 7) is 7.18. The molecule has 0 saturated carbocycles. The van der Waals surface area contributed by atoms with E-state index in [1.165, 1.54) is 0 Å². The van der Waals surface area contributed by atoms with Crippen molar-refractivity contribution in [3.63, 3.8) is 0 Å². The van der Waals surface area contributed by atoms with Crippen molar-refractivity contribution < 1.29 is 4.79 Å². The molecule has 3 nitrogen and oxygen atoms in total. The second kappa shape index (κ2) is 7.54. The fourth-order valence-electron chi connectivity index (χ4n) is 1.41. The van der Waals surface area contributed by atoms with Gasteiger partial charge in [0, 0.05) is 29.2 Å². The Kier molecular flexibility index (Phi) is 6.36. The number of halogens is 1. The highest BCUT2D eigenvalue weighted by atomic mass is 79.9. The van der Waals surface area contributed by atoms with Gasteiger partial charge in [0.05, 0.1) is 0 Å². The molecule has 18 heavy (non-hydrogen) atoms. The number of carbonyl (C=O) groups is 1. The zero-order valence-corrected chi connectivity index (χ0v) is 12.8. The quantitative estimate of drug-likeness (QED) is 0.845. The maximum absolute atomic E-state index is 11.7. The van der Waals surface area contributed by atoms with Crippen LogP contribution in [0.25, 0.3) is 0 Å². The minimum atomic E-state index is 0.0424. The summed E-state index contributed by atoms with van der Waals surface area (Å²) in [5, 5.41) is 6.21. The third kappa shape index (κ3) is 5.65. The molecule has 1 unspecified atom stereocenters. The van der Waals surface area contributed by atoms with Gasteiger partial charge in [0.2, 0.25) is 5.91 Å². The lowest BCUT2D eigenvalue weighted by Gasteiger charge is -2.17. The fourth-order valence-corrected chi connectivity index (χ4v) is 1.67. The molecule has 0 radical (unpaired) electrons. The first-order valence-corrected chi connectivity index (χ1v) is 7.07. The van der Waals surface area contributed by atoms with Crippen molar-refractivity contribution in [2.75, 3.05) is 11.9 Å². The molecule has 0 aromatic heterocycles. The zero-order valence-electron chi connectivity index (χ0n) is 11.2. The maximum Gasteiger partial charge on any atom is 0.225 e. The number of nitrogens with one attached hydrogen (secondary N) is 2. The summed E-state index contributed by atoms with van der Waals surface area (Å²) in [5.74, 6) is 0.625. The summed E-state index contributed by atoms with van der Waals surface area (Å²) >= 11 is 3.36. The van der Waals surface area contributed by atoms with Crippen LogP contribution in [0.1, 0.15) is 27.2 Å². The Bertz CT molecular complexity index is 376. The van der Waals surface area contributed by atoms with Gasteiger partial charge in [-0.1, -0.05) is 29.8 Å². The van der Waals surface area contributed by atoms with Crippen molar-refractivity contribution in [2.45, 2.75) is 33.2 Å². The Hall–Kier alpha value is -0.870. The maximum atomic E-state index is 11.7. The summed E-state index contributed by atoms with van der Waals surface area (Å²) in [4.78, 5) is 11.7. The molecule has 0 aliphatic heterocycles. The van der Waals surface area contributed by atoms with Crippen molar-refractivity contribution in [3.05, 3.63) is 28.7 Å². The first kappa shape index (κ1) is 15.2. The van der Waals surface area contributed by atoms with Gasteiger partial charge in [-0.05, 0) is 37.1 Å². The monoisotopic (exact) mass is 312 g/mol. The van der Waals surface area contributed by atoms with Crippen LogP contribution >= 0.6 is 15.9 Å². The van der Waals surface area contributed by atoms with Gasteiger partial charge in [0.1, 0.15) is 0 Å². The summed E-state index contributed by atoms with van der Waals surface area (Å²) in [6, 6.07) is 8.02. The molecule has 1 rings (SSSR count).